The summed E-state index contributed by atoms with van der Waals surface area (Å²) in [5.74, 6) is 7.20. The van der Waals surface area contributed by atoms with E-state index in [4.69, 9.17) is 0 Å². The van der Waals surface area contributed by atoms with Crippen molar-refractivity contribution in [3.63, 3.8) is 0 Å². The van der Waals surface area contributed by atoms with Crippen molar-refractivity contribution in [1.82, 2.24) is 26.6 Å². The molecule has 5 nitrogen and oxygen atoms in total. The molecule has 0 bridgehead atoms. The van der Waals surface area contributed by atoms with Gasteiger partial charge in [0, 0.05) is 36.3 Å². The van der Waals surface area contributed by atoms with Crippen LogP contribution in [0, 0.1) is 47.3 Å². The fourth-order valence-corrected chi connectivity index (χ4v) is 14.7. The molecule has 3 heterocycles. The van der Waals surface area contributed by atoms with Gasteiger partial charge in [-0.25, -0.2) is 0 Å². The first-order valence-corrected chi connectivity index (χ1v) is 23.1. The molecule has 9 rings (SSSR count). The second-order valence-corrected chi connectivity index (χ2v) is 20.2. The van der Waals surface area contributed by atoms with E-state index >= 15 is 0 Å². The van der Waals surface area contributed by atoms with Gasteiger partial charge < -0.3 is 5.32 Å². The highest BCUT2D eigenvalue weighted by molar-refractivity contribution is 5.28. The Morgan fingerprint density at radius 2 is 1.08 bits per heavy atom. The van der Waals surface area contributed by atoms with Gasteiger partial charge in [-0.15, -0.1) is 0 Å². The van der Waals surface area contributed by atoms with E-state index in [1.54, 1.807) is 0 Å². The van der Waals surface area contributed by atoms with Gasteiger partial charge in [-0.05, 0) is 151 Å². The first-order chi connectivity index (χ1) is 24.6. The van der Waals surface area contributed by atoms with Crippen molar-refractivity contribution in [2.45, 2.75) is 223 Å². The minimum atomic E-state index is 0.381. The van der Waals surface area contributed by atoms with E-state index in [9.17, 15) is 0 Å². The Morgan fingerprint density at radius 3 is 1.92 bits per heavy atom. The third-order valence-corrected chi connectivity index (χ3v) is 17.2. The Balaban J connectivity index is 0.965. The third kappa shape index (κ3) is 7.33. The maximum atomic E-state index is 4.67. The molecule has 0 aromatic carbocycles. The average Bonchev–Trinajstić information content (AvgIpc) is 3.16. The summed E-state index contributed by atoms with van der Waals surface area (Å²) in [4.78, 5) is 0. The lowest BCUT2D eigenvalue weighted by molar-refractivity contribution is 0.0223. The van der Waals surface area contributed by atoms with Gasteiger partial charge in [-0.3, -0.25) is 21.3 Å². The van der Waals surface area contributed by atoms with Gasteiger partial charge in [0.15, 0.2) is 0 Å². The monoisotopic (exact) mass is 688 g/mol. The van der Waals surface area contributed by atoms with Crippen molar-refractivity contribution in [3.8, 4) is 0 Å². The van der Waals surface area contributed by atoms with Crippen molar-refractivity contribution < 1.29 is 0 Å². The van der Waals surface area contributed by atoms with Gasteiger partial charge in [0.1, 0.15) is 0 Å². The molecule has 4 saturated carbocycles. The van der Waals surface area contributed by atoms with Crippen LogP contribution in [-0.4, -0.2) is 48.6 Å². The van der Waals surface area contributed by atoms with Crippen LogP contribution in [0.15, 0.2) is 11.1 Å². The highest BCUT2D eigenvalue weighted by Gasteiger charge is 2.51. The first kappa shape index (κ1) is 35.3. The Kier molecular flexibility index (Phi) is 11.1. The van der Waals surface area contributed by atoms with E-state index < -0.39 is 0 Å². The summed E-state index contributed by atoms with van der Waals surface area (Å²) in [6, 6.07) is 3.76. The molecule has 0 amide bonds. The standard InChI is InChI=1S/C45H77N5/c1-28-20-22-30(23-21-28)38-26-40(50-45(49-38)31-12-4-3-5-13-31)39-27-42(47-29(2)46-39)44-37-19-11-8-16-34(37)25-41(48-44)43-35-17-9-6-14-32(35)24-33-15-7-10-18-36(33)43/h28-32,34-35,37-50H,3-27H2,1-2H3. The zero-order chi connectivity index (χ0) is 33.6. The number of fused-ring (bicyclic) bond motifs is 2. The van der Waals surface area contributed by atoms with E-state index in [0.717, 1.165) is 47.3 Å². The lowest BCUT2D eigenvalue weighted by atomic mass is 9.56. The Morgan fingerprint density at radius 1 is 0.440 bits per heavy atom. The predicted molar refractivity (Wildman–Crippen MR) is 208 cm³/mol. The zero-order valence-electron chi connectivity index (χ0n) is 32.4. The maximum absolute atomic E-state index is 4.67. The van der Waals surface area contributed by atoms with Gasteiger partial charge >= 0.3 is 0 Å². The van der Waals surface area contributed by atoms with Crippen LogP contribution < -0.4 is 26.6 Å². The van der Waals surface area contributed by atoms with Crippen molar-refractivity contribution >= 4 is 0 Å². The lowest BCUT2D eigenvalue weighted by Crippen LogP contribution is -2.73. The molecule has 9 aliphatic rings. The van der Waals surface area contributed by atoms with Gasteiger partial charge in [0.2, 0.25) is 0 Å². The average molecular weight is 688 g/mol. The van der Waals surface area contributed by atoms with E-state index in [1.807, 2.05) is 11.1 Å². The molecule has 7 fully saturated rings. The molecule has 13 atom stereocenters. The zero-order valence-corrected chi connectivity index (χ0v) is 32.4. The summed E-state index contributed by atoms with van der Waals surface area (Å²) in [5.41, 5.74) is 3.94. The van der Waals surface area contributed by atoms with Crippen LogP contribution in [0.5, 0.6) is 0 Å². The van der Waals surface area contributed by atoms with Crippen LogP contribution in [0.25, 0.3) is 0 Å². The van der Waals surface area contributed by atoms with Crippen LogP contribution in [0.2, 0.25) is 0 Å². The molecule has 0 aromatic rings. The molecule has 50 heavy (non-hydrogen) atoms. The molecule has 282 valence electrons. The number of allylic oxidation sites excluding steroid dienone is 1. The smallest absolute Gasteiger partial charge is 0.0605 e. The molecule has 0 aromatic heterocycles. The van der Waals surface area contributed by atoms with E-state index in [1.165, 1.54) is 161 Å². The highest BCUT2D eigenvalue weighted by atomic mass is 15.3. The summed E-state index contributed by atoms with van der Waals surface area (Å²) in [7, 11) is 0. The molecule has 3 aliphatic heterocycles. The van der Waals surface area contributed by atoms with Crippen LogP contribution in [-0.2, 0) is 0 Å². The van der Waals surface area contributed by atoms with Crippen molar-refractivity contribution in [1.29, 1.82) is 0 Å². The predicted octanol–water partition coefficient (Wildman–Crippen LogP) is 8.94. The van der Waals surface area contributed by atoms with Crippen molar-refractivity contribution in [2.75, 3.05) is 0 Å². The molecule has 6 aliphatic carbocycles. The Labute approximate surface area is 307 Å². The van der Waals surface area contributed by atoms with Gasteiger partial charge in [-0.2, -0.15) is 0 Å². The van der Waals surface area contributed by atoms with E-state index in [0.29, 0.717) is 48.6 Å². The molecule has 0 radical (unpaired) electrons. The van der Waals surface area contributed by atoms with Crippen molar-refractivity contribution in [2.24, 2.45) is 47.3 Å². The number of piperidine rings is 1. The topological polar surface area (TPSA) is 60.1 Å². The van der Waals surface area contributed by atoms with Crippen LogP contribution in [0.3, 0.4) is 0 Å². The Hall–Kier alpha value is -0.460. The normalized spacial score (nSPS) is 49.4. The molecular formula is C45H77N5. The first-order valence-electron chi connectivity index (χ1n) is 23.1. The molecule has 5 N–H and O–H groups in total. The van der Waals surface area contributed by atoms with E-state index in [-0.39, 0.29) is 0 Å². The summed E-state index contributed by atoms with van der Waals surface area (Å²) in [5, 5.41) is 21.8. The number of nitrogens with one attached hydrogen (secondary N) is 5. The second kappa shape index (κ2) is 15.7. The molecule has 3 saturated heterocycles. The van der Waals surface area contributed by atoms with Gasteiger partial charge in [0.25, 0.3) is 0 Å². The SMILES string of the molecule is CC1CCC(C2CC(C3CC(C4NC(C5C6=C(CCCC6)CC6CCCCC65)CC5CCCCC54)NC(C)N3)NC(C3CCCCC3)N2)CC1. The number of hydrogen-bond acceptors (Lipinski definition) is 5. The van der Waals surface area contributed by atoms with E-state index in [2.05, 4.69) is 40.4 Å². The molecule has 0 spiro atoms. The molecular weight excluding hydrogens is 611 g/mol. The maximum Gasteiger partial charge on any atom is 0.0605 e. The summed E-state index contributed by atoms with van der Waals surface area (Å²) >= 11 is 0. The summed E-state index contributed by atoms with van der Waals surface area (Å²) < 4.78 is 0. The fraction of sp³-hybridized carbons (Fsp3) is 0.956. The summed E-state index contributed by atoms with van der Waals surface area (Å²) in [6.07, 6.45) is 37.0. The second-order valence-electron chi connectivity index (χ2n) is 20.2. The van der Waals surface area contributed by atoms with Crippen LogP contribution in [0.4, 0.5) is 0 Å². The minimum Gasteiger partial charge on any atom is -0.309 e. The van der Waals surface area contributed by atoms with Gasteiger partial charge in [-0.1, -0.05) is 82.3 Å². The quantitative estimate of drug-likeness (QED) is 0.187. The van der Waals surface area contributed by atoms with Crippen molar-refractivity contribution in [3.05, 3.63) is 11.1 Å². The third-order valence-electron chi connectivity index (χ3n) is 17.2. The molecule has 5 heteroatoms. The van der Waals surface area contributed by atoms with Crippen LogP contribution >= 0.6 is 0 Å². The Bertz CT molecular complexity index is 1150. The lowest BCUT2D eigenvalue weighted by Gasteiger charge is -2.56. The fourth-order valence-electron chi connectivity index (χ4n) is 14.7. The minimum absolute atomic E-state index is 0.381. The van der Waals surface area contributed by atoms with Gasteiger partial charge in [0.05, 0.1) is 12.3 Å². The van der Waals surface area contributed by atoms with Crippen LogP contribution in [0.1, 0.15) is 174 Å². The number of rotatable bonds is 5. The highest BCUT2D eigenvalue weighted by Crippen LogP contribution is 2.54. The largest absolute Gasteiger partial charge is 0.309 e. The molecule has 13 unspecified atom stereocenters. The number of hydrogen-bond donors (Lipinski definition) is 5. The summed E-state index contributed by atoms with van der Waals surface area (Å²) in [6.45, 7) is 4.94.